The van der Waals surface area contributed by atoms with Gasteiger partial charge in [0.1, 0.15) is 6.54 Å². The Morgan fingerprint density at radius 1 is 0.868 bits per heavy atom. The molecule has 0 saturated heterocycles. The van der Waals surface area contributed by atoms with Crippen molar-refractivity contribution in [2.75, 3.05) is 27.1 Å². The van der Waals surface area contributed by atoms with Gasteiger partial charge in [0, 0.05) is 16.4 Å². The number of rotatable bonds is 8. The zero-order valence-corrected chi connectivity index (χ0v) is 23.0. The number of sulfonamides is 2. The molecule has 0 atom stereocenters. The van der Waals surface area contributed by atoms with E-state index in [0.29, 0.717) is 6.07 Å². The van der Waals surface area contributed by atoms with Crippen molar-refractivity contribution in [3.05, 3.63) is 81.3 Å². The molecule has 2 N–H and O–H groups in total. The summed E-state index contributed by atoms with van der Waals surface area (Å²) >= 11 is 17.5. The number of nitrogens with zero attached hydrogens (tertiary/aromatic N) is 1. The molecular weight excluding hydrogens is 614 g/mol. The number of benzene rings is 3. The number of hydrogen-bond donors (Lipinski definition) is 2. The minimum atomic E-state index is -4.79. The molecule has 8 nitrogen and oxygen atoms in total. The van der Waals surface area contributed by atoms with Crippen molar-refractivity contribution in [3.8, 4) is 0 Å². The van der Waals surface area contributed by atoms with Crippen molar-refractivity contribution in [2.45, 2.75) is 11.1 Å². The molecule has 3 rings (SSSR count). The summed E-state index contributed by atoms with van der Waals surface area (Å²) in [5.74, 6) is -0.768. The van der Waals surface area contributed by atoms with E-state index in [-0.39, 0.29) is 32.0 Å². The highest BCUT2D eigenvalue weighted by molar-refractivity contribution is 7.92. The summed E-state index contributed by atoms with van der Waals surface area (Å²) in [4.78, 5) is 12.2. The van der Waals surface area contributed by atoms with Crippen LogP contribution in [-0.2, 0) is 31.0 Å². The van der Waals surface area contributed by atoms with Crippen LogP contribution in [0.2, 0.25) is 15.1 Å². The summed E-state index contributed by atoms with van der Waals surface area (Å²) in [6, 6.07) is 11.2. The van der Waals surface area contributed by atoms with E-state index in [2.05, 4.69) is 5.32 Å². The molecular formula is C22H17Cl3F3N3O5S2. The molecule has 3 aromatic carbocycles. The molecule has 0 spiro atoms. The van der Waals surface area contributed by atoms with Crippen molar-refractivity contribution in [3.63, 3.8) is 0 Å². The van der Waals surface area contributed by atoms with Crippen LogP contribution in [0.15, 0.2) is 65.6 Å². The zero-order chi connectivity index (χ0) is 28.5. The van der Waals surface area contributed by atoms with Gasteiger partial charge in [-0.3, -0.25) is 13.8 Å². The van der Waals surface area contributed by atoms with Crippen LogP contribution in [0.3, 0.4) is 0 Å². The Labute approximate surface area is 231 Å². The van der Waals surface area contributed by atoms with Crippen LogP contribution in [-0.4, -0.2) is 35.5 Å². The number of nitrogens with one attached hydrogen (secondary N) is 2. The Bertz CT molecular complexity index is 1580. The SMILES string of the molecule is CS(=O)(=O)N(CC(=O)Nc1ccc(S(=O)(=O)Nc2ccc(Cl)c(C(F)(F)F)c2)cc1)c1ccc(Cl)cc1Cl. The van der Waals surface area contributed by atoms with Crippen LogP contribution in [0.5, 0.6) is 0 Å². The smallest absolute Gasteiger partial charge is 0.325 e. The maximum atomic E-state index is 13.1. The van der Waals surface area contributed by atoms with E-state index < -0.39 is 49.3 Å². The van der Waals surface area contributed by atoms with E-state index >= 15 is 0 Å². The quantitative estimate of drug-likeness (QED) is 0.323. The highest BCUT2D eigenvalue weighted by Gasteiger charge is 2.33. The lowest BCUT2D eigenvalue weighted by molar-refractivity contribution is -0.137. The first-order valence-corrected chi connectivity index (χ1v) is 14.7. The minimum absolute atomic E-state index is 0.000765. The standard InChI is InChI=1S/C22H17Cl3F3N3O5S2/c1-37(33,34)31(20-9-2-13(23)10-19(20)25)12-21(32)29-14-3-6-16(7-4-14)38(35,36)30-15-5-8-18(24)17(11-15)22(26,27)28/h2-11,30H,12H2,1H3,(H,29,32). The molecule has 16 heteroatoms. The van der Waals surface area contributed by atoms with Crippen molar-refractivity contribution in [1.29, 1.82) is 0 Å². The van der Waals surface area contributed by atoms with Crippen molar-refractivity contribution in [2.24, 2.45) is 0 Å². The van der Waals surface area contributed by atoms with E-state index in [4.69, 9.17) is 34.8 Å². The molecule has 3 aromatic rings. The number of alkyl halides is 3. The molecule has 0 unspecified atom stereocenters. The molecule has 1 amide bonds. The molecule has 38 heavy (non-hydrogen) atoms. The molecule has 0 aliphatic heterocycles. The first-order valence-electron chi connectivity index (χ1n) is 10.2. The summed E-state index contributed by atoms with van der Waals surface area (Å²) in [6.45, 7) is -0.653. The molecule has 0 aliphatic rings. The van der Waals surface area contributed by atoms with E-state index in [1.165, 1.54) is 30.3 Å². The van der Waals surface area contributed by atoms with Gasteiger partial charge in [0.15, 0.2) is 0 Å². The van der Waals surface area contributed by atoms with Gasteiger partial charge in [0.2, 0.25) is 15.9 Å². The largest absolute Gasteiger partial charge is 0.417 e. The van der Waals surface area contributed by atoms with Crippen molar-refractivity contribution in [1.82, 2.24) is 0 Å². The first kappa shape index (κ1) is 29.8. The minimum Gasteiger partial charge on any atom is -0.325 e. The lowest BCUT2D eigenvalue weighted by Gasteiger charge is -2.23. The first-order chi connectivity index (χ1) is 17.5. The summed E-state index contributed by atoms with van der Waals surface area (Å²) in [7, 11) is -8.24. The Hall–Kier alpha value is -2.71. The topological polar surface area (TPSA) is 113 Å². The number of carbonyl (C=O) groups excluding carboxylic acids is 1. The normalized spacial score (nSPS) is 12.2. The Kier molecular flexibility index (Phi) is 8.78. The predicted octanol–water partition coefficient (Wildman–Crippen LogP) is 5.87. The van der Waals surface area contributed by atoms with E-state index in [9.17, 15) is 34.8 Å². The van der Waals surface area contributed by atoms with Gasteiger partial charge in [-0.25, -0.2) is 16.8 Å². The van der Waals surface area contributed by atoms with E-state index in [1.54, 1.807) is 0 Å². The van der Waals surface area contributed by atoms with Gasteiger partial charge in [0.05, 0.1) is 32.4 Å². The predicted molar refractivity (Wildman–Crippen MR) is 141 cm³/mol. The van der Waals surface area contributed by atoms with Crippen LogP contribution in [0, 0.1) is 0 Å². The van der Waals surface area contributed by atoms with Gasteiger partial charge in [0.25, 0.3) is 10.0 Å². The van der Waals surface area contributed by atoms with E-state index in [1.807, 2.05) is 4.72 Å². The van der Waals surface area contributed by atoms with Gasteiger partial charge in [-0.05, 0) is 60.7 Å². The van der Waals surface area contributed by atoms with Crippen molar-refractivity contribution >= 4 is 77.8 Å². The monoisotopic (exact) mass is 629 g/mol. The third kappa shape index (κ3) is 7.44. The third-order valence-corrected chi connectivity index (χ3v) is 8.23. The van der Waals surface area contributed by atoms with Crippen LogP contribution in [0.25, 0.3) is 0 Å². The summed E-state index contributed by atoms with van der Waals surface area (Å²) in [5.41, 5.74) is -1.42. The van der Waals surface area contributed by atoms with Gasteiger partial charge in [-0.2, -0.15) is 13.2 Å². The maximum Gasteiger partial charge on any atom is 0.417 e. The Morgan fingerprint density at radius 3 is 2.03 bits per heavy atom. The summed E-state index contributed by atoms with van der Waals surface area (Å²) in [6.07, 6.45) is -3.90. The number of amides is 1. The van der Waals surface area contributed by atoms with Crippen LogP contribution < -0.4 is 14.3 Å². The Morgan fingerprint density at radius 2 is 1.47 bits per heavy atom. The molecule has 0 aliphatic carbocycles. The van der Waals surface area contributed by atoms with Crippen molar-refractivity contribution < 1.29 is 34.8 Å². The molecule has 0 radical (unpaired) electrons. The van der Waals surface area contributed by atoms with Gasteiger partial charge < -0.3 is 5.32 Å². The second-order valence-electron chi connectivity index (χ2n) is 7.74. The summed E-state index contributed by atoms with van der Waals surface area (Å²) in [5, 5.41) is 2.11. The average molecular weight is 631 g/mol. The molecule has 0 saturated carbocycles. The maximum absolute atomic E-state index is 13.1. The molecule has 0 fully saturated rings. The second-order valence-corrected chi connectivity index (χ2v) is 12.6. The second kappa shape index (κ2) is 11.2. The third-order valence-electron chi connectivity index (χ3n) is 4.84. The van der Waals surface area contributed by atoms with E-state index in [0.717, 1.165) is 34.8 Å². The lowest BCUT2D eigenvalue weighted by atomic mass is 10.2. The molecule has 0 aromatic heterocycles. The average Bonchev–Trinajstić information content (AvgIpc) is 2.78. The number of anilines is 3. The Balaban J connectivity index is 1.75. The number of carbonyl (C=O) groups is 1. The fourth-order valence-electron chi connectivity index (χ4n) is 3.13. The number of hydrogen-bond acceptors (Lipinski definition) is 5. The molecule has 0 bridgehead atoms. The lowest BCUT2D eigenvalue weighted by Crippen LogP contribution is -2.37. The summed E-state index contributed by atoms with van der Waals surface area (Å²) < 4.78 is 91.8. The van der Waals surface area contributed by atoms with Gasteiger partial charge in [-0.15, -0.1) is 0 Å². The van der Waals surface area contributed by atoms with Crippen LogP contribution in [0.4, 0.5) is 30.2 Å². The zero-order valence-electron chi connectivity index (χ0n) is 19.1. The highest BCUT2D eigenvalue weighted by Crippen LogP contribution is 2.36. The van der Waals surface area contributed by atoms with Crippen LogP contribution >= 0.6 is 34.8 Å². The molecule has 204 valence electrons. The fraction of sp³-hybridized carbons (Fsp3) is 0.136. The number of halogens is 6. The molecule has 0 heterocycles. The van der Waals surface area contributed by atoms with Gasteiger partial charge >= 0.3 is 6.18 Å². The van der Waals surface area contributed by atoms with Gasteiger partial charge in [-0.1, -0.05) is 34.8 Å². The highest BCUT2D eigenvalue weighted by atomic mass is 35.5. The fourth-order valence-corrected chi connectivity index (χ4v) is 5.84. The van der Waals surface area contributed by atoms with Crippen LogP contribution in [0.1, 0.15) is 5.56 Å².